The van der Waals surface area contributed by atoms with E-state index in [-0.39, 0.29) is 5.41 Å². The van der Waals surface area contributed by atoms with E-state index in [2.05, 4.69) is 5.32 Å². The van der Waals surface area contributed by atoms with E-state index < -0.39 is 12.7 Å². The molecule has 0 bridgehead atoms. The molecule has 0 heterocycles. The van der Waals surface area contributed by atoms with Gasteiger partial charge in [0, 0.05) is 13.1 Å². The standard InChI is InChI=1S/C12H25F3N2/c1-5-11(6-2,8-16-4)9-17(7-3)10-12(13,14)15/h16H,5-10H2,1-4H3. The summed E-state index contributed by atoms with van der Waals surface area (Å²) >= 11 is 0. The number of nitrogens with zero attached hydrogens (tertiary/aromatic N) is 1. The third-order valence-corrected chi connectivity index (χ3v) is 3.46. The molecule has 0 fully saturated rings. The van der Waals surface area contributed by atoms with Gasteiger partial charge in [-0.25, -0.2) is 0 Å². The van der Waals surface area contributed by atoms with Gasteiger partial charge in [0.05, 0.1) is 6.54 Å². The zero-order chi connectivity index (χ0) is 13.5. The van der Waals surface area contributed by atoms with Crippen molar-refractivity contribution in [3.05, 3.63) is 0 Å². The second-order valence-corrected chi connectivity index (χ2v) is 4.66. The lowest BCUT2D eigenvalue weighted by atomic mass is 9.81. The maximum atomic E-state index is 12.4. The Balaban J connectivity index is 4.59. The first-order chi connectivity index (χ1) is 7.82. The van der Waals surface area contributed by atoms with E-state index in [1.54, 1.807) is 6.92 Å². The van der Waals surface area contributed by atoms with Crippen molar-refractivity contribution in [3.63, 3.8) is 0 Å². The van der Waals surface area contributed by atoms with Gasteiger partial charge in [0.2, 0.25) is 0 Å². The molecule has 0 radical (unpaired) electrons. The smallest absolute Gasteiger partial charge is 0.319 e. The van der Waals surface area contributed by atoms with Gasteiger partial charge in [0.15, 0.2) is 0 Å². The van der Waals surface area contributed by atoms with Crippen LogP contribution in [0.15, 0.2) is 0 Å². The van der Waals surface area contributed by atoms with Gasteiger partial charge in [-0.3, -0.25) is 4.90 Å². The average molecular weight is 254 g/mol. The Kier molecular flexibility index (Phi) is 7.09. The fraction of sp³-hybridized carbons (Fsp3) is 1.00. The molecule has 0 amide bonds. The molecule has 0 aliphatic rings. The van der Waals surface area contributed by atoms with Crippen molar-refractivity contribution in [2.45, 2.75) is 39.8 Å². The van der Waals surface area contributed by atoms with Crippen LogP contribution in [-0.4, -0.2) is 44.3 Å². The normalized spacial score (nSPS) is 13.4. The fourth-order valence-corrected chi connectivity index (χ4v) is 2.16. The summed E-state index contributed by atoms with van der Waals surface area (Å²) in [7, 11) is 1.85. The van der Waals surface area contributed by atoms with Gasteiger partial charge in [-0.2, -0.15) is 13.2 Å². The van der Waals surface area contributed by atoms with Gasteiger partial charge in [0.25, 0.3) is 0 Å². The number of hydrogen-bond donors (Lipinski definition) is 1. The fourth-order valence-electron chi connectivity index (χ4n) is 2.16. The molecule has 0 spiro atoms. The van der Waals surface area contributed by atoms with Crippen LogP contribution >= 0.6 is 0 Å². The van der Waals surface area contributed by atoms with Gasteiger partial charge in [-0.05, 0) is 31.8 Å². The minimum absolute atomic E-state index is 0.0595. The SMILES string of the molecule is CCN(CC(F)(F)F)CC(CC)(CC)CNC. The Morgan fingerprint density at radius 2 is 1.53 bits per heavy atom. The summed E-state index contributed by atoms with van der Waals surface area (Å²) in [5, 5.41) is 3.09. The van der Waals surface area contributed by atoms with Gasteiger partial charge in [-0.1, -0.05) is 20.8 Å². The number of nitrogens with one attached hydrogen (secondary N) is 1. The van der Waals surface area contributed by atoms with Gasteiger partial charge >= 0.3 is 6.18 Å². The molecular weight excluding hydrogens is 229 g/mol. The minimum Gasteiger partial charge on any atom is -0.319 e. The van der Waals surface area contributed by atoms with Crippen molar-refractivity contribution in [3.8, 4) is 0 Å². The van der Waals surface area contributed by atoms with Crippen LogP contribution in [0.4, 0.5) is 13.2 Å². The van der Waals surface area contributed by atoms with Crippen LogP contribution in [0.2, 0.25) is 0 Å². The van der Waals surface area contributed by atoms with Crippen molar-refractivity contribution in [1.29, 1.82) is 0 Å². The molecule has 0 unspecified atom stereocenters. The van der Waals surface area contributed by atoms with Crippen LogP contribution in [0, 0.1) is 5.41 Å². The summed E-state index contributed by atoms with van der Waals surface area (Å²) in [6.07, 6.45) is -2.33. The molecule has 5 heteroatoms. The van der Waals surface area contributed by atoms with Crippen molar-refractivity contribution >= 4 is 0 Å². The molecular formula is C12H25F3N2. The van der Waals surface area contributed by atoms with Crippen LogP contribution in [0.1, 0.15) is 33.6 Å². The highest BCUT2D eigenvalue weighted by atomic mass is 19.4. The van der Waals surface area contributed by atoms with Crippen molar-refractivity contribution < 1.29 is 13.2 Å². The van der Waals surface area contributed by atoms with E-state index in [0.29, 0.717) is 13.1 Å². The molecule has 0 rings (SSSR count). The lowest BCUT2D eigenvalue weighted by Crippen LogP contribution is -2.45. The zero-order valence-electron chi connectivity index (χ0n) is 11.3. The van der Waals surface area contributed by atoms with Crippen LogP contribution in [0.25, 0.3) is 0 Å². The van der Waals surface area contributed by atoms with Crippen molar-refractivity contribution in [2.24, 2.45) is 5.41 Å². The summed E-state index contributed by atoms with van der Waals surface area (Å²) in [6.45, 7) is 6.75. The highest BCUT2D eigenvalue weighted by Gasteiger charge is 2.34. The third kappa shape index (κ3) is 6.27. The van der Waals surface area contributed by atoms with E-state index in [0.717, 1.165) is 19.4 Å². The molecule has 0 aliphatic heterocycles. The lowest BCUT2D eigenvalue weighted by Gasteiger charge is -2.37. The molecule has 104 valence electrons. The Morgan fingerprint density at radius 3 is 1.82 bits per heavy atom. The maximum absolute atomic E-state index is 12.4. The molecule has 0 aromatic heterocycles. The lowest BCUT2D eigenvalue weighted by molar-refractivity contribution is -0.148. The molecule has 0 saturated heterocycles. The van der Waals surface area contributed by atoms with Gasteiger partial charge in [-0.15, -0.1) is 0 Å². The van der Waals surface area contributed by atoms with Crippen molar-refractivity contribution in [1.82, 2.24) is 10.2 Å². The van der Waals surface area contributed by atoms with E-state index in [9.17, 15) is 13.2 Å². The highest BCUT2D eigenvalue weighted by Crippen LogP contribution is 2.28. The highest BCUT2D eigenvalue weighted by molar-refractivity contribution is 4.83. The molecule has 0 aromatic carbocycles. The third-order valence-electron chi connectivity index (χ3n) is 3.46. The van der Waals surface area contributed by atoms with E-state index in [4.69, 9.17) is 0 Å². The summed E-state index contributed by atoms with van der Waals surface area (Å²) < 4.78 is 37.2. The zero-order valence-corrected chi connectivity index (χ0v) is 11.3. The first-order valence-corrected chi connectivity index (χ1v) is 6.26. The molecule has 0 atom stereocenters. The number of halogens is 3. The predicted octanol–water partition coefficient (Wildman–Crippen LogP) is 2.90. The molecule has 0 aliphatic carbocycles. The second-order valence-electron chi connectivity index (χ2n) is 4.66. The van der Waals surface area contributed by atoms with Gasteiger partial charge in [0.1, 0.15) is 0 Å². The number of hydrogen-bond acceptors (Lipinski definition) is 2. The monoisotopic (exact) mass is 254 g/mol. The summed E-state index contributed by atoms with van der Waals surface area (Å²) in [6, 6.07) is 0. The van der Waals surface area contributed by atoms with Crippen LogP contribution < -0.4 is 5.32 Å². The van der Waals surface area contributed by atoms with E-state index in [1.165, 1.54) is 4.90 Å². The molecule has 0 saturated carbocycles. The quantitative estimate of drug-likeness (QED) is 0.716. The first kappa shape index (κ1) is 16.7. The molecule has 2 nitrogen and oxygen atoms in total. The molecule has 0 aromatic rings. The minimum atomic E-state index is -4.11. The summed E-state index contributed by atoms with van der Waals surface area (Å²) in [4.78, 5) is 1.49. The summed E-state index contributed by atoms with van der Waals surface area (Å²) in [5.41, 5.74) is -0.0595. The Hall–Kier alpha value is -0.290. The molecule has 17 heavy (non-hydrogen) atoms. The van der Waals surface area contributed by atoms with E-state index in [1.807, 2.05) is 20.9 Å². The van der Waals surface area contributed by atoms with Crippen molar-refractivity contribution in [2.75, 3.05) is 33.2 Å². The van der Waals surface area contributed by atoms with Crippen LogP contribution in [0.3, 0.4) is 0 Å². The molecule has 1 N–H and O–H groups in total. The Bertz CT molecular complexity index is 200. The Morgan fingerprint density at radius 1 is 1.00 bits per heavy atom. The van der Waals surface area contributed by atoms with Gasteiger partial charge < -0.3 is 5.32 Å². The largest absolute Gasteiger partial charge is 0.401 e. The Labute approximate surface area is 103 Å². The maximum Gasteiger partial charge on any atom is 0.401 e. The second kappa shape index (κ2) is 7.21. The van der Waals surface area contributed by atoms with Crippen LogP contribution in [0.5, 0.6) is 0 Å². The average Bonchev–Trinajstić information content (AvgIpc) is 2.25. The predicted molar refractivity (Wildman–Crippen MR) is 65.1 cm³/mol. The first-order valence-electron chi connectivity index (χ1n) is 6.26. The van der Waals surface area contributed by atoms with E-state index >= 15 is 0 Å². The number of rotatable bonds is 8. The van der Waals surface area contributed by atoms with Crippen LogP contribution in [-0.2, 0) is 0 Å². The summed E-state index contributed by atoms with van der Waals surface area (Å²) in [5.74, 6) is 0. The topological polar surface area (TPSA) is 15.3 Å². The number of alkyl halides is 3.